The van der Waals surface area contributed by atoms with Gasteiger partial charge in [-0.1, -0.05) is 56.5 Å². The number of nitrogens with one attached hydrogen (secondary N) is 1. The summed E-state index contributed by atoms with van der Waals surface area (Å²) in [5, 5.41) is 3.57. The number of hydrogen-bond acceptors (Lipinski definition) is 1. The van der Waals surface area contributed by atoms with Crippen LogP contribution < -0.4 is 5.32 Å². The minimum Gasteiger partial charge on any atom is -0.316 e. The lowest BCUT2D eigenvalue weighted by molar-refractivity contribution is 0.255. The highest BCUT2D eigenvalue weighted by Gasteiger charge is 2.27. The zero-order valence-corrected chi connectivity index (χ0v) is 11.2. The van der Waals surface area contributed by atoms with Gasteiger partial charge in [-0.2, -0.15) is 0 Å². The first-order valence-electron chi connectivity index (χ1n) is 7.05. The molecule has 2 unspecified atom stereocenters. The van der Waals surface area contributed by atoms with Crippen LogP contribution in [0.2, 0.25) is 0 Å². The van der Waals surface area contributed by atoms with Crippen molar-refractivity contribution in [2.24, 2.45) is 5.92 Å². The fourth-order valence-corrected chi connectivity index (χ4v) is 3.35. The quantitative estimate of drug-likeness (QED) is 0.827. The van der Waals surface area contributed by atoms with Crippen LogP contribution in [0.1, 0.15) is 50.5 Å². The SMILES string of the molecule is CNC(C1CCCCC1)C(C)c1ccccc1. The van der Waals surface area contributed by atoms with E-state index >= 15 is 0 Å². The zero-order valence-electron chi connectivity index (χ0n) is 11.2. The lowest BCUT2D eigenvalue weighted by atomic mass is 9.77. The summed E-state index contributed by atoms with van der Waals surface area (Å²) in [5.41, 5.74) is 1.47. The molecule has 0 bridgehead atoms. The van der Waals surface area contributed by atoms with Gasteiger partial charge in [0.25, 0.3) is 0 Å². The molecule has 1 aromatic carbocycles. The molecule has 2 atom stereocenters. The van der Waals surface area contributed by atoms with Crippen LogP contribution in [-0.2, 0) is 0 Å². The van der Waals surface area contributed by atoms with E-state index < -0.39 is 0 Å². The second-order valence-corrected chi connectivity index (χ2v) is 5.41. The van der Waals surface area contributed by atoms with Gasteiger partial charge in [0, 0.05) is 6.04 Å². The van der Waals surface area contributed by atoms with Gasteiger partial charge in [-0.3, -0.25) is 0 Å². The highest BCUT2D eigenvalue weighted by atomic mass is 14.9. The van der Waals surface area contributed by atoms with Crippen LogP contribution in [-0.4, -0.2) is 13.1 Å². The van der Waals surface area contributed by atoms with Crippen molar-refractivity contribution in [2.45, 2.75) is 51.0 Å². The fourth-order valence-electron chi connectivity index (χ4n) is 3.35. The first-order chi connectivity index (χ1) is 8.33. The average Bonchev–Trinajstić information content (AvgIpc) is 2.42. The van der Waals surface area contributed by atoms with Crippen LogP contribution in [0.15, 0.2) is 30.3 Å². The summed E-state index contributed by atoms with van der Waals surface area (Å²) < 4.78 is 0. The van der Waals surface area contributed by atoms with E-state index in [1.165, 1.54) is 37.7 Å². The van der Waals surface area contributed by atoms with E-state index in [9.17, 15) is 0 Å². The molecule has 1 aromatic rings. The Kier molecular flexibility index (Phi) is 4.61. The molecule has 0 aromatic heterocycles. The maximum atomic E-state index is 3.57. The molecule has 1 heteroatoms. The molecule has 0 amide bonds. The smallest absolute Gasteiger partial charge is 0.0158 e. The Balaban J connectivity index is 2.06. The topological polar surface area (TPSA) is 12.0 Å². The Morgan fingerprint density at radius 2 is 1.71 bits per heavy atom. The summed E-state index contributed by atoms with van der Waals surface area (Å²) in [6, 6.07) is 11.6. The normalized spacial score (nSPS) is 21.1. The Morgan fingerprint density at radius 3 is 2.29 bits per heavy atom. The van der Waals surface area contributed by atoms with Gasteiger partial charge in [0.1, 0.15) is 0 Å². The van der Waals surface area contributed by atoms with E-state index in [1.807, 2.05) is 0 Å². The van der Waals surface area contributed by atoms with Crippen LogP contribution >= 0.6 is 0 Å². The minimum absolute atomic E-state index is 0.615. The van der Waals surface area contributed by atoms with Crippen LogP contribution in [0, 0.1) is 5.92 Å². The van der Waals surface area contributed by atoms with Gasteiger partial charge in [-0.25, -0.2) is 0 Å². The standard InChI is InChI=1S/C16H25N/c1-13(14-9-5-3-6-10-14)16(17-2)15-11-7-4-8-12-15/h3,5-6,9-10,13,15-17H,4,7-8,11-12H2,1-2H3. The molecule has 1 aliphatic rings. The van der Waals surface area contributed by atoms with Gasteiger partial charge in [0.15, 0.2) is 0 Å². The molecule has 1 nitrogen and oxygen atoms in total. The Morgan fingerprint density at radius 1 is 1.06 bits per heavy atom. The molecule has 0 saturated heterocycles. The summed E-state index contributed by atoms with van der Waals surface area (Å²) >= 11 is 0. The highest BCUT2D eigenvalue weighted by Crippen LogP contribution is 2.33. The summed E-state index contributed by atoms with van der Waals surface area (Å²) in [4.78, 5) is 0. The molecule has 94 valence electrons. The molecule has 17 heavy (non-hydrogen) atoms. The Bertz CT molecular complexity index is 314. The predicted octanol–water partition coefficient (Wildman–Crippen LogP) is 3.96. The Labute approximate surface area is 106 Å². The fraction of sp³-hybridized carbons (Fsp3) is 0.625. The average molecular weight is 231 g/mol. The maximum absolute atomic E-state index is 3.57. The minimum atomic E-state index is 0.615. The van der Waals surface area contributed by atoms with Crippen molar-refractivity contribution in [1.82, 2.24) is 5.32 Å². The number of benzene rings is 1. The van der Waals surface area contributed by atoms with E-state index in [0.717, 1.165) is 5.92 Å². The molecule has 1 saturated carbocycles. The summed E-state index contributed by atoms with van der Waals surface area (Å²) in [6.07, 6.45) is 7.09. The molecule has 0 spiro atoms. The number of hydrogen-bond donors (Lipinski definition) is 1. The zero-order chi connectivity index (χ0) is 12.1. The van der Waals surface area contributed by atoms with Gasteiger partial charge < -0.3 is 5.32 Å². The maximum Gasteiger partial charge on any atom is 0.0158 e. The van der Waals surface area contributed by atoms with Crippen molar-refractivity contribution < 1.29 is 0 Å². The molecular formula is C16H25N. The monoisotopic (exact) mass is 231 g/mol. The number of rotatable bonds is 4. The molecule has 0 radical (unpaired) electrons. The first-order valence-corrected chi connectivity index (χ1v) is 7.05. The largest absolute Gasteiger partial charge is 0.316 e. The third-order valence-electron chi connectivity index (χ3n) is 4.36. The molecular weight excluding hydrogens is 206 g/mol. The van der Waals surface area contributed by atoms with E-state index in [0.29, 0.717) is 12.0 Å². The van der Waals surface area contributed by atoms with Gasteiger partial charge in [0.05, 0.1) is 0 Å². The predicted molar refractivity (Wildman–Crippen MR) is 74.3 cm³/mol. The van der Waals surface area contributed by atoms with Gasteiger partial charge >= 0.3 is 0 Å². The third kappa shape index (κ3) is 3.10. The van der Waals surface area contributed by atoms with Crippen LogP contribution in [0.25, 0.3) is 0 Å². The highest BCUT2D eigenvalue weighted by molar-refractivity contribution is 5.20. The van der Waals surface area contributed by atoms with E-state index in [-0.39, 0.29) is 0 Å². The lowest BCUT2D eigenvalue weighted by Gasteiger charge is -2.34. The van der Waals surface area contributed by atoms with Gasteiger partial charge in [-0.15, -0.1) is 0 Å². The van der Waals surface area contributed by atoms with E-state index in [1.54, 1.807) is 0 Å². The van der Waals surface area contributed by atoms with Crippen LogP contribution in [0.3, 0.4) is 0 Å². The van der Waals surface area contributed by atoms with Crippen molar-refractivity contribution in [3.05, 3.63) is 35.9 Å². The molecule has 1 fully saturated rings. The molecule has 0 heterocycles. The van der Waals surface area contributed by atoms with E-state index in [4.69, 9.17) is 0 Å². The lowest BCUT2D eigenvalue weighted by Crippen LogP contribution is -2.39. The first kappa shape index (κ1) is 12.6. The molecule has 2 rings (SSSR count). The molecule has 1 N–H and O–H groups in total. The van der Waals surface area contributed by atoms with E-state index in [2.05, 4.69) is 49.6 Å². The molecule has 0 aliphatic heterocycles. The van der Waals surface area contributed by atoms with Gasteiger partial charge in [-0.05, 0) is 37.3 Å². The van der Waals surface area contributed by atoms with Crippen molar-refractivity contribution in [3.8, 4) is 0 Å². The second-order valence-electron chi connectivity index (χ2n) is 5.41. The second kappa shape index (κ2) is 6.20. The Hall–Kier alpha value is -0.820. The third-order valence-corrected chi connectivity index (χ3v) is 4.36. The number of likely N-dealkylation sites (N-methyl/N-ethyl adjacent to an activating group) is 1. The van der Waals surface area contributed by atoms with Crippen molar-refractivity contribution in [3.63, 3.8) is 0 Å². The summed E-state index contributed by atoms with van der Waals surface area (Å²) in [5.74, 6) is 1.48. The van der Waals surface area contributed by atoms with Crippen molar-refractivity contribution in [2.75, 3.05) is 7.05 Å². The van der Waals surface area contributed by atoms with Crippen LogP contribution in [0.5, 0.6) is 0 Å². The molecule has 1 aliphatic carbocycles. The summed E-state index contributed by atoms with van der Waals surface area (Å²) in [7, 11) is 2.12. The van der Waals surface area contributed by atoms with Crippen molar-refractivity contribution in [1.29, 1.82) is 0 Å². The van der Waals surface area contributed by atoms with Crippen molar-refractivity contribution >= 4 is 0 Å². The summed E-state index contributed by atoms with van der Waals surface area (Å²) in [6.45, 7) is 2.37. The van der Waals surface area contributed by atoms with Crippen LogP contribution in [0.4, 0.5) is 0 Å². The van der Waals surface area contributed by atoms with Gasteiger partial charge in [0.2, 0.25) is 0 Å².